The zero-order chi connectivity index (χ0) is 18.1. The van der Waals surface area contributed by atoms with Gasteiger partial charge >= 0.3 is 0 Å². The van der Waals surface area contributed by atoms with Crippen molar-refractivity contribution in [1.82, 2.24) is 10.6 Å². The molecule has 2 rings (SSSR count). The second kappa shape index (κ2) is 11.9. The highest BCUT2D eigenvalue weighted by molar-refractivity contribution is 14.0. The van der Waals surface area contributed by atoms with E-state index in [0.717, 1.165) is 28.7 Å². The quantitative estimate of drug-likeness (QED) is 0.313. The van der Waals surface area contributed by atoms with Crippen LogP contribution in [0, 0.1) is 0 Å². The van der Waals surface area contributed by atoms with Crippen molar-refractivity contribution in [3.8, 4) is 11.5 Å². The van der Waals surface area contributed by atoms with Gasteiger partial charge in [-0.1, -0.05) is 29.8 Å². The minimum atomic E-state index is 0. The molecule has 0 aliphatic rings. The van der Waals surface area contributed by atoms with Gasteiger partial charge in [-0.05, 0) is 42.7 Å². The van der Waals surface area contributed by atoms with Gasteiger partial charge in [0.2, 0.25) is 0 Å². The van der Waals surface area contributed by atoms with Crippen molar-refractivity contribution in [3.05, 3.63) is 58.6 Å². The number of hydrogen-bond acceptors (Lipinski definition) is 3. The van der Waals surface area contributed by atoms with Gasteiger partial charge in [-0.15, -0.1) is 24.0 Å². The minimum Gasteiger partial charge on any atom is -0.508 e. The Morgan fingerprint density at radius 2 is 1.88 bits per heavy atom. The van der Waals surface area contributed by atoms with Crippen LogP contribution in [0.4, 0.5) is 0 Å². The second-order valence-electron chi connectivity index (χ2n) is 5.49. The predicted molar refractivity (Wildman–Crippen MR) is 118 cm³/mol. The molecule has 0 radical (unpaired) electrons. The zero-order valence-corrected chi connectivity index (χ0v) is 18.0. The molecule has 0 unspecified atom stereocenters. The Morgan fingerprint density at radius 1 is 1.15 bits per heavy atom. The highest BCUT2D eigenvalue weighted by Gasteiger charge is 2.04. The van der Waals surface area contributed by atoms with Crippen molar-refractivity contribution in [2.45, 2.75) is 19.9 Å². The van der Waals surface area contributed by atoms with Crippen LogP contribution < -0.4 is 15.4 Å². The first kappa shape index (κ1) is 22.4. The molecule has 0 aliphatic heterocycles. The fourth-order valence-electron chi connectivity index (χ4n) is 2.30. The van der Waals surface area contributed by atoms with E-state index in [1.165, 1.54) is 0 Å². The summed E-state index contributed by atoms with van der Waals surface area (Å²) in [6.07, 6.45) is 0.682. The summed E-state index contributed by atoms with van der Waals surface area (Å²) in [4.78, 5) is 4.56. The molecule has 0 amide bonds. The molecule has 0 saturated heterocycles. The summed E-state index contributed by atoms with van der Waals surface area (Å²) in [7, 11) is 1.58. The van der Waals surface area contributed by atoms with E-state index in [1.54, 1.807) is 13.2 Å². The van der Waals surface area contributed by atoms with Crippen LogP contribution in [0.15, 0.2) is 47.5 Å². The largest absolute Gasteiger partial charge is 0.508 e. The molecule has 3 N–H and O–H groups in total. The van der Waals surface area contributed by atoms with E-state index >= 15 is 0 Å². The number of rotatable bonds is 7. The number of phenols is 1. The Bertz CT molecular complexity index is 708. The lowest BCUT2D eigenvalue weighted by Crippen LogP contribution is -2.38. The molecule has 0 spiro atoms. The number of aliphatic imine (C=N–C) groups is 1. The topological polar surface area (TPSA) is 65.9 Å². The lowest BCUT2D eigenvalue weighted by atomic mass is 10.1. The highest BCUT2D eigenvalue weighted by atomic mass is 127. The van der Waals surface area contributed by atoms with Crippen LogP contribution in [0.3, 0.4) is 0 Å². The van der Waals surface area contributed by atoms with Crippen LogP contribution in [0.5, 0.6) is 11.5 Å². The third kappa shape index (κ3) is 7.29. The lowest BCUT2D eigenvalue weighted by molar-refractivity contribution is 0.406. The Hall–Kier alpha value is -1.67. The highest BCUT2D eigenvalue weighted by Crippen LogP contribution is 2.23. The molecule has 0 aromatic heterocycles. The number of aromatic hydroxyl groups is 1. The standard InChI is InChI=1S/C19H24ClN3O2.HI/c1-3-21-19(23-13-14-4-7-16(20)8-5-14)22-11-10-15-6-9-17(25-2)12-18(15)24;/h4-9,12,24H,3,10-11,13H2,1-2H3,(H2,21,22,23);1H. The van der Waals surface area contributed by atoms with Crippen LogP contribution in [0.25, 0.3) is 0 Å². The SMILES string of the molecule is CCNC(=NCc1ccc(Cl)cc1)NCCc1ccc(OC)cc1O.I. The maximum atomic E-state index is 10.0. The molecule has 0 fully saturated rings. The average Bonchev–Trinajstić information content (AvgIpc) is 2.62. The van der Waals surface area contributed by atoms with Crippen LogP contribution >= 0.6 is 35.6 Å². The number of hydrogen-bond donors (Lipinski definition) is 3. The number of nitrogens with zero attached hydrogens (tertiary/aromatic N) is 1. The van der Waals surface area contributed by atoms with Gasteiger partial charge in [-0.2, -0.15) is 0 Å². The van der Waals surface area contributed by atoms with Gasteiger partial charge in [0.1, 0.15) is 11.5 Å². The molecule has 0 saturated carbocycles. The smallest absolute Gasteiger partial charge is 0.191 e. The summed E-state index contributed by atoms with van der Waals surface area (Å²) in [5, 5.41) is 17.2. The van der Waals surface area contributed by atoms with Gasteiger partial charge < -0.3 is 20.5 Å². The fourth-order valence-corrected chi connectivity index (χ4v) is 2.43. The van der Waals surface area contributed by atoms with E-state index in [-0.39, 0.29) is 29.7 Å². The first-order chi connectivity index (χ1) is 12.1. The van der Waals surface area contributed by atoms with Gasteiger partial charge in [0, 0.05) is 24.2 Å². The molecule has 5 nitrogen and oxygen atoms in total. The van der Waals surface area contributed by atoms with Gasteiger partial charge in [-0.25, -0.2) is 4.99 Å². The average molecular weight is 490 g/mol. The first-order valence-electron chi connectivity index (χ1n) is 8.25. The maximum absolute atomic E-state index is 10.0. The first-order valence-corrected chi connectivity index (χ1v) is 8.62. The van der Waals surface area contributed by atoms with Crippen LogP contribution in [0.1, 0.15) is 18.1 Å². The zero-order valence-electron chi connectivity index (χ0n) is 15.0. The number of halogens is 2. The van der Waals surface area contributed by atoms with Crippen molar-refractivity contribution in [2.75, 3.05) is 20.2 Å². The minimum absolute atomic E-state index is 0. The molecule has 2 aromatic carbocycles. The number of ether oxygens (including phenoxy) is 1. The van der Waals surface area contributed by atoms with Gasteiger partial charge in [0.25, 0.3) is 0 Å². The van der Waals surface area contributed by atoms with E-state index in [0.29, 0.717) is 25.3 Å². The van der Waals surface area contributed by atoms with Crippen molar-refractivity contribution >= 4 is 41.5 Å². The maximum Gasteiger partial charge on any atom is 0.191 e. The number of benzene rings is 2. The molecular formula is C19H25ClIN3O2. The normalized spacial score (nSPS) is 10.8. The fraction of sp³-hybridized carbons (Fsp3) is 0.316. The molecule has 26 heavy (non-hydrogen) atoms. The summed E-state index contributed by atoms with van der Waals surface area (Å²) in [5.41, 5.74) is 1.95. The van der Waals surface area contributed by atoms with E-state index in [2.05, 4.69) is 15.6 Å². The van der Waals surface area contributed by atoms with Crippen molar-refractivity contribution in [3.63, 3.8) is 0 Å². The second-order valence-corrected chi connectivity index (χ2v) is 5.93. The lowest BCUT2D eigenvalue weighted by Gasteiger charge is -2.12. The van der Waals surface area contributed by atoms with Gasteiger partial charge in [0.15, 0.2) is 5.96 Å². The monoisotopic (exact) mass is 489 g/mol. The molecule has 7 heteroatoms. The molecule has 0 heterocycles. The predicted octanol–water partition coefficient (Wildman–Crippen LogP) is 3.97. The molecular weight excluding hydrogens is 465 g/mol. The summed E-state index contributed by atoms with van der Waals surface area (Å²) >= 11 is 5.89. The Balaban J connectivity index is 0.00000338. The third-order valence-corrected chi connectivity index (χ3v) is 3.91. The summed E-state index contributed by atoms with van der Waals surface area (Å²) in [5.74, 6) is 1.63. The van der Waals surface area contributed by atoms with E-state index in [9.17, 15) is 5.11 Å². The molecule has 0 aliphatic carbocycles. The van der Waals surface area contributed by atoms with Crippen LogP contribution in [0.2, 0.25) is 5.02 Å². The Morgan fingerprint density at radius 3 is 2.50 bits per heavy atom. The van der Waals surface area contributed by atoms with Crippen LogP contribution in [-0.2, 0) is 13.0 Å². The number of guanidine groups is 1. The van der Waals surface area contributed by atoms with E-state index in [1.807, 2.05) is 43.3 Å². The van der Waals surface area contributed by atoms with Crippen molar-refractivity contribution < 1.29 is 9.84 Å². The van der Waals surface area contributed by atoms with E-state index in [4.69, 9.17) is 16.3 Å². The number of methoxy groups -OCH3 is 1. The third-order valence-electron chi connectivity index (χ3n) is 3.66. The van der Waals surface area contributed by atoms with Crippen molar-refractivity contribution in [1.29, 1.82) is 0 Å². The van der Waals surface area contributed by atoms with Gasteiger partial charge in [0.05, 0.1) is 13.7 Å². The molecule has 2 aromatic rings. The summed E-state index contributed by atoms with van der Waals surface area (Å²) in [6, 6.07) is 13.0. The summed E-state index contributed by atoms with van der Waals surface area (Å²) < 4.78 is 5.09. The molecule has 0 bridgehead atoms. The number of nitrogens with one attached hydrogen (secondary N) is 2. The molecule has 142 valence electrons. The van der Waals surface area contributed by atoms with E-state index < -0.39 is 0 Å². The van der Waals surface area contributed by atoms with Crippen LogP contribution in [-0.4, -0.2) is 31.3 Å². The Kier molecular flexibility index (Phi) is 10.2. The van der Waals surface area contributed by atoms with Crippen molar-refractivity contribution in [2.24, 2.45) is 4.99 Å². The van der Waals surface area contributed by atoms with Gasteiger partial charge in [-0.3, -0.25) is 0 Å². The summed E-state index contributed by atoms with van der Waals surface area (Å²) in [6.45, 7) is 4.03. The number of phenolic OH excluding ortho intramolecular Hbond substituents is 1. The Labute approximate surface area is 176 Å². The molecule has 0 atom stereocenters.